The Bertz CT molecular complexity index is 1470. The van der Waals surface area contributed by atoms with Crippen molar-refractivity contribution in [2.45, 2.75) is 13.5 Å². The number of aromatic amines is 1. The van der Waals surface area contributed by atoms with Crippen LogP contribution in [0.2, 0.25) is 0 Å². The smallest absolute Gasteiger partial charge is 0.340 e. The lowest BCUT2D eigenvalue weighted by Gasteiger charge is -2.10. The molecule has 0 bridgehead atoms. The highest BCUT2D eigenvalue weighted by Gasteiger charge is 2.24. The van der Waals surface area contributed by atoms with Gasteiger partial charge in [0, 0.05) is 28.9 Å². The fourth-order valence-corrected chi connectivity index (χ4v) is 4.13. The summed E-state index contributed by atoms with van der Waals surface area (Å²) in [6, 6.07) is 18.8. The molecule has 0 amide bonds. The third-order valence-electron chi connectivity index (χ3n) is 5.79. The van der Waals surface area contributed by atoms with Crippen molar-refractivity contribution in [3.8, 4) is 22.6 Å². The molecule has 0 radical (unpaired) electrons. The number of nitrogens with zero attached hydrogens (tertiary/aromatic N) is 2. The number of aromatic nitrogens is 3. The lowest BCUT2D eigenvalue weighted by atomic mass is 10.0. The number of carbonyl (C=O) groups is 1. The molecule has 5 rings (SSSR count). The molecule has 0 aliphatic heterocycles. The van der Waals surface area contributed by atoms with Crippen LogP contribution in [0.15, 0.2) is 66.9 Å². The van der Waals surface area contributed by atoms with Crippen molar-refractivity contribution in [2.24, 2.45) is 7.05 Å². The van der Waals surface area contributed by atoms with E-state index in [4.69, 9.17) is 9.47 Å². The summed E-state index contributed by atoms with van der Waals surface area (Å²) in [7, 11) is 1.88. The fraction of sp³-hybridized carbons (Fsp3) is 0.154. The highest BCUT2D eigenvalue weighted by atomic mass is 16.5. The van der Waals surface area contributed by atoms with Crippen molar-refractivity contribution in [1.82, 2.24) is 14.8 Å². The van der Waals surface area contributed by atoms with Gasteiger partial charge in [0.1, 0.15) is 18.1 Å². The van der Waals surface area contributed by atoms with E-state index in [0.29, 0.717) is 28.0 Å². The van der Waals surface area contributed by atoms with E-state index >= 15 is 0 Å². The number of para-hydroxylation sites is 1. The van der Waals surface area contributed by atoms with Crippen LogP contribution in [0.4, 0.5) is 0 Å². The molecule has 0 fully saturated rings. The second-order valence-electron chi connectivity index (χ2n) is 7.76. The van der Waals surface area contributed by atoms with Gasteiger partial charge in [-0.2, -0.15) is 5.10 Å². The number of benzene rings is 3. The van der Waals surface area contributed by atoms with Crippen LogP contribution in [-0.2, 0) is 18.4 Å². The summed E-state index contributed by atoms with van der Waals surface area (Å²) < 4.78 is 13.2. The normalized spacial score (nSPS) is 11.2. The zero-order valence-corrected chi connectivity index (χ0v) is 18.3. The Balaban J connectivity index is 1.64. The summed E-state index contributed by atoms with van der Waals surface area (Å²) in [5.41, 5.74) is 4.31. The maximum Gasteiger partial charge on any atom is 0.340 e. The highest BCUT2D eigenvalue weighted by Crippen LogP contribution is 2.38. The van der Waals surface area contributed by atoms with Gasteiger partial charge in [0.05, 0.1) is 29.6 Å². The molecular weight excluding hydrogens is 418 g/mol. The van der Waals surface area contributed by atoms with E-state index in [2.05, 4.69) is 10.2 Å². The van der Waals surface area contributed by atoms with Crippen molar-refractivity contribution < 1.29 is 19.4 Å². The number of nitrogens with one attached hydrogen (secondary N) is 1. The molecule has 33 heavy (non-hydrogen) atoms. The average molecular weight is 441 g/mol. The zero-order valence-electron chi connectivity index (χ0n) is 18.3. The van der Waals surface area contributed by atoms with Crippen LogP contribution in [0, 0.1) is 0 Å². The Morgan fingerprint density at radius 3 is 2.73 bits per heavy atom. The molecule has 0 unspecified atom stereocenters. The Hall–Kier alpha value is -4.26. The first kappa shape index (κ1) is 20.6. The van der Waals surface area contributed by atoms with E-state index in [1.54, 1.807) is 19.2 Å². The van der Waals surface area contributed by atoms with Gasteiger partial charge in [0.2, 0.25) is 0 Å². The van der Waals surface area contributed by atoms with Crippen molar-refractivity contribution >= 4 is 27.8 Å². The van der Waals surface area contributed by atoms with Crippen LogP contribution >= 0.6 is 0 Å². The zero-order chi connectivity index (χ0) is 22.9. The minimum Gasteiger partial charge on any atom is -0.507 e. The van der Waals surface area contributed by atoms with Gasteiger partial charge in [-0.15, -0.1) is 0 Å². The van der Waals surface area contributed by atoms with Crippen LogP contribution in [0.5, 0.6) is 11.5 Å². The monoisotopic (exact) mass is 441 g/mol. The first-order chi connectivity index (χ1) is 16.1. The number of aryl methyl sites for hydroxylation is 1. The van der Waals surface area contributed by atoms with Gasteiger partial charge in [-0.25, -0.2) is 4.79 Å². The van der Waals surface area contributed by atoms with Gasteiger partial charge < -0.3 is 19.1 Å². The Morgan fingerprint density at radius 2 is 1.94 bits per heavy atom. The molecule has 0 aliphatic rings. The standard InChI is InChI=1S/C26H23N3O4/c1-3-32-26(31)25-20-13-24(30)19(16-9-10-21-17(11-16)14-27-28-21)12-22(20)29(2)23(25)15-33-18-7-5-4-6-8-18/h4-14,30H,3,15H2,1-2H3,(H,27,28). The van der Waals surface area contributed by atoms with Crippen LogP contribution in [0.25, 0.3) is 32.9 Å². The summed E-state index contributed by atoms with van der Waals surface area (Å²) in [5, 5.41) is 19.5. The molecule has 0 saturated carbocycles. The lowest BCUT2D eigenvalue weighted by molar-refractivity contribution is 0.0525. The van der Waals surface area contributed by atoms with Gasteiger partial charge in [0.15, 0.2) is 0 Å². The Morgan fingerprint density at radius 1 is 1.12 bits per heavy atom. The van der Waals surface area contributed by atoms with Gasteiger partial charge in [-0.05, 0) is 48.9 Å². The molecule has 0 aliphatic carbocycles. The topological polar surface area (TPSA) is 89.4 Å². The first-order valence-corrected chi connectivity index (χ1v) is 10.7. The molecule has 0 atom stereocenters. The summed E-state index contributed by atoms with van der Waals surface area (Å²) in [5.74, 6) is 0.341. The second kappa shape index (κ2) is 8.35. The van der Waals surface area contributed by atoms with Gasteiger partial charge >= 0.3 is 5.97 Å². The Labute approximate surface area is 190 Å². The first-order valence-electron chi connectivity index (χ1n) is 10.7. The number of ether oxygens (including phenoxy) is 2. The maximum atomic E-state index is 12.9. The number of phenols is 1. The van der Waals surface area contributed by atoms with E-state index in [9.17, 15) is 9.90 Å². The predicted molar refractivity (Wildman–Crippen MR) is 126 cm³/mol. The van der Waals surface area contributed by atoms with E-state index in [-0.39, 0.29) is 19.0 Å². The van der Waals surface area contributed by atoms with Crippen LogP contribution in [-0.4, -0.2) is 32.4 Å². The van der Waals surface area contributed by atoms with Gasteiger partial charge in [-0.3, -0.25) is 5.10 Å². The molecule has 2 heterocycles. The van der Waals surface area contributed by atoms with Crippen molar-refractivity contribution in [3.05, 3.63) is 78.1 Å². The second-order valence-corrected chi connectivity index (χ2v) is 7.76. The molecule has 7 heteroatoms. The molecule has 166 valence electrons. The molecule has 2 N–H and O–H groups in total. The number of hydrogen-bond donors (Lipinski definition) is 2. The third-order valence-corrected chi connectivity index (χ3v) is 5.79. The number of carbonyl (C=O) groups excluding carboxylic acids is 1. The number of hydrogen-bond acceptors (Lipinski definition) is 5. The highest BCUT2D eigenvalue weighted by molar-refractivity contribution is 6.07. The van der Waals surface area contributed by atoms with E-state index in [1.165, 1.54) is 0 Å². The van der Waals surface area contributed by atoms with E-state index in [1.807, 2.05) is 66.2 Å². The minimum atomic E-state index is -0.443. The lowest BCUT2D eigenvalue weighted by Crippen LogP contribution is -2.11. The molecular formula is C26H23N3O4. The van der Waals surface area contributed by atoms with Crippen LogP contribution in [0.1, 0.15) is 23.0 Å². The maximum absolute atomic E-state index is 12.9. The third kappa shape index (κ3) is 3.67. The molecule has 3 aromatic carbocycles. The van der Waals surface area contributed by atoms with Crippen LogP contribution in [0.3, 0.4) is 0 Å². The predicted octanol–water partition coefficient (Wildman–Crippen LogP) is 5.18. The van der Waals surface area contributed by atoms with Crippen molar-refractivity contribution in [1.29, 1.82) is 0 Å². The fourth-order valence-electron chi connectivity index (χ4n) is 4.13. The quantitative estimate of drug-likeness (QED) is 0.354. The molecule has 7 nitrogen and oxygen atoms in total. The molecule has 0 saturated heterocycles. The van der Waals surface area contributed by atoms with E-state index in [0.717, 1.165) is 22.0 Å². The summed E-state index contributed by atoms with van der Waals surface area (Å²) in [6.45, 7) is 2.20. The number of H-pyrrole nitrogens is 1. The number of fused-ring (bicyclic) bond motifs is 2. The summed E-state index contributed by atoms with van der Waals surface area (Å²) in [6.07, 6.45) is 1.74. The number of aromatic hydroxyl groups is 1. The average Bonchev–Trinajstić information content (AvgIpc) is 3.39. The SMILES string of the molecule is CCOC(=O)c1c(COc2ccccc2)n(C)c2cc(-c3ccc4[nH]ncc4c3)c(O)cc12. The number of rotatable bonds is 6. The van der Waals surface area contributed by atoms with Crippen molar-refractivity contribution in [2.75, 3.05) is 6.61 Å². The molecule has 5 aromatic rings. The largest absolute Gasteiger partial charge is 0.507 e. The number of phenolic OH excluding ortho intramolecular Hbond substituents is 1. The van der Waals surface area contributed by atoms with Gasteiger partial charge in [0.25, 0.3) is 0 Å². The van der Waals surface area contributed by atoms with Crippen molar-refractivity contribution in [3.63, 3.8) is 0 Å². The van der Waals surface area contributed by atoms with Crippen LogP contribution < -0.4 is 4.74 Å². The van der Waals surface area contributed by atoms with Gasteiger partial charge in [-0.1, -0.05) is 24.3 Å². The molecule has 2 aromatic heterocycles. The summed E-state index contributed by atoms with van der Waals surface area (Å²) in [4.78, 5) is 12.9. The number of esters is 1. The minimum absolute atomic E-state index is 0.0806. The Kier molecular flexibility index (Phi) is 5.22. The summed E-state index contributed by atoms with van der Waals surface area (Å²) >= 11 is 0. The van der Waals surface area contributed by atoms with E-state index < -0.39 is 5.97 Å². The molecule has 0 spiro atoms.